The minimum atomic E-state index is 0.865. The zero-order chi connectivity index (χ0) is 11.8. The number of methoxy groups -OCH3 is 2. The third kappa shape index (κ3) is 4.70. The lowest BCUT2D eigenvalue weighted by Gasteiger charge is -2.08. The zero-order valence-corrected chi connectivity index (χ0v) is 12.1. The van der Waals surface area contributed by atoms with Gasteiger partial charge >= 0.3 is 0 Å². The molecule has 1 aromatic carbocycles. The summed E-state index contributed by atoms with van der Waals surface area (Å²) in [5, 5.41) is 0. The summed E-state index contributed by atoms with van der Waals surface area (Å²) in [4.78, 5) is 0. The first kappa shape index (κ1) is 13.8. The quantitative estimate of drug-likeness (QED) is 0.560. The smallest absolute Gasteiger partial charge is 0.122 e. The van der Waals surface area contributed by atoms with Gasteiger partial charge in [-0.3, -0.25) is 0 Å². The molecule has 0 aliphatic rings. The van der Waals surface area contributed by atoms with E-state index in [1.165, 1.54) is 22.0 Å². The van der Waals surface area contributed by atoms with Gasteiger partial charge in [0.15, 0.2) is 0 Å². The van der Waals surface area contributed by atoms with Crippen molar-refractivity contribution in [3.63, 3.8) is 0 Å². The van der Waals surface area contributed by atoms with Crippen LogP contribution < -0.4 is 4.74 Å². The Kier molecular flexibility index (Phi) is 6.80. The van der Waals surface area contributed by atoms with Crippen LogP contribution in [0.5, 0.6) is 5.75 Å². The maximum Gasteiger partial charge on any atom is 0.122 e. The lowest BCUT2D eigenvalue weighted by molar-refractivity contribution is 0.192. The van der Waals surface area contributed by atoms with E-state index in [1.807, 2.05) is 6.07 Å². The van der Waals surface area contributed by atoms with E-state index >= 15 is 0 Å². The Balaban J connectivity index is 2.42. The van der Waals surface area contributed by atoms with Crippen molar-refractivity contribution in [2.24, 2.45) is 0 Å². The molecule has 90 valence electrons. The summed E-state index contributed by atoms with van der Waals surface area (Å²) < 4.78 is 11.7. The summed E-state index contributed by atoms with van der Waals surface area (Å²) in [7, 11) is 3.49. The molecule has 0 aliphatic heterocycles. The standard InChI is InChI=1S/C13H19IO2/c1-15-9-5-3-4-6-11-10-12(14)7-8-13(11)16-2/h7-8,10H,3-6,9H2,1-2H3. The fraction of sp³-hybridized carbons (Fsp3) is 0.538. The number of hydrogen-bond acceptors (Lipinski definition) is 2. The van der Waals surface area contributed by atoms with Gasteiger partial charge in [0, 0.05) is 17.3 Å². The monoisotopic (exact) mass is 334 g/mol. The van der Waals surface area contributed by atoms with Gasteiger partial charge < -0.3 is 9.47 Å². The molecule has 1 aromatic rings. The van der Waals surface area contributed by atoms with Gasteiger partial charge in [-0.15, -0.1) is 0 Å². The molecular weight excluding hydrogens is 315 g/mol. The SMILES string of the molecule is COCCCCCc1cc(I)ccc1OC. The van der Waals surface area contributed by atoms with Crippen molar-refractivity contribution < 1.29 is 9.47 Å². The van der Waals surface area contributed by atoms with Gasteiger partial charge in [0.25, 0.3) is 0 Å². The fourth-order valence-electron chi connectivity index (χ4n) is 1.68. The largest absolute Gasteiger partial charge is 0.496 e. The molecule has 0 heterocycles. The van der Waals surface area contributed by atoms with Gasteiger partial charge in [-0.1, -0.05) is 6.42 Å². The van der Waals surface area contributed by atoms with Crippen LogP contribution in [0.1, 0.15) is 24.8 Å². The van der Waals surface area contributed by atoms with Gasteiger partial charge in [0.2, 0.25) is 0 Å². The maximum atomic E-state index is 5.35. The number of unbranched alkanes of at least 4 members (excludes halogenated alkanes) is 2. The van der Waals surface area contributed by atoms with E-state index in [1.54, 1.807) is 14.2 Å². The molecule has 0 aromatic heterocycles. The summed E-state index contributed by atoms with van der Waals surface area (Å²) in [6, 6.07) is 6.33. The Morgan fingerprint density at radius 1 is 1.12 bits per heavy atom. The highest BCUT2D eigenvalue weighted by molar-refractivity contribution is 14.1. The normalized spacial score (nSPS) is 10.4. The Labute approximate surface area is 111 Å². The summed E-state index contributed by atoms with van der Waals surface area (Å²) in [6.45, 7) is 0.865. The average molecular weight is 334 g/mol. The molecule has 0 amide bonds. The van der Waals surface area contributed by atoms with Gasteiger partial charge in [-0.2, -0.15) is 0 Å². The van der Waals surface area contributed by atoms with Gasteiger partial charge in [0.1, 0.15) is 5.75 Å². The van der Waals surface area contributed by atoms with Crippen LogP contribution in [0.25, 0.3) is 0 Å². The minimum Gasteiger partial charge on any atom is -0.496 e. The van der Waals surface area contributed by atoms with Crippen LogP contribution in [-0.2, 0) is 11.2 Å². The number of halogens is 1. The van der Waals surface area contributed by atoms with Gasteiger partial charge in [0.05, 0.1) is 7.11 Å². The van der Waals surface area contributed by atoms with Crippen molar-refractivity contribution >= 4 is 22.6 Å². The van der Waals surface area contributed by atoms with Crippen LogP contribution in [0, 0.1) is 3.57 Å². The van der Waals surface area contributed by atoms with E-state index in [-0.39, 0.29) is 0 Å². The first-order valence-corrected chi connectivity index (χ1v) is 6.67. The summed E-state index contributed by atoms with van der Waals surface area (Å²) in [6.07, 6.45) is 4.63. The molecule has 16 heavy (non-hydrogen) atoms. The van der Waals surface area contributed by atoms with Crippen molar-refractivity contribution in [2.75, 3.05) is 20.8 Å². The molecule has 0 spiro atoms. The highest BCUT2D eigenvalue weighted by Gasteiger charge is 2.03. The third-order valence-corrected chi connectivity index (χ3v) is 3.21. The second kappa shape index (κ2) is 7.90. The maximum absolute atomic E-state index is 5.35. The molecule has 3 heteroatoms. The summed E-state index contributed by atoms with van der Waals surface area (Å²) >= 11 is 2.34. The lowest BCUT2D eigenvalue weighted by Crippen LogP contribution is -1.94. The van der Waals surface area contributed by atoms with Crippen LogP contribution >= 0.6 is 22.6 Å². The second-order valence-electron chi connectivity index (χ2n) is 3.76. The topological polar surface area (TPSA) is 18.5 Å². The van der Waals surface area contributed by atoms with E-state index < -0.39 is 0 Å². The van der Waals surface area contributed by atoms with Crippen molar-refractivity contribution in [1.82, 2.24) is 0 Å². The Morgan fingerprint density at radius 2 is 1.94 bits per heavy atom. The molecule has 0 saturated carbocycles. The molecule has 0 radical (unpaired) electrons. The molecule has 1 rings (SSSR count). The molecule has 0 saturated heterocycles. The predicted molar refractivity (Wildman–Crippen MR) is 75.1 cm³/mol. The number of hydrogen-bond donors (Lipinski definition) is 0. The predicted octanol–water partition coefficient (Wildman–Crippen LogP) is 3.66. The number of aryl methyl sites for hydroxylation is 1. The van der Waals surface area contributed by atoms with Crippen molar-refractivity contribution in [2.45, 2.75) is 25.7 Å². The summed E-state index contributed by atoms with van der Waals surface area (Å²) in [5.41, 5.74) is 1.31. The Morgan fingerprint density at radius 3 is 2.62 bits per heavy atom. The molecule has 0 atom stereocenters. The molecule has 0 N–H and O–H groups in total. The van der Waals surface area contributed by atoms with E-state index in [2.05, 4.69) is 34.7 Å². The van der Waals surface area contributed by atoms with Gasteiger partial charge in [-0.05, 0) is 65.6 Å². The fourth-order valence-corrected chi connectivity index (χ4v) is 2.24. The molecule has 0 bridgehead atoms. The number of benzene rings is 1. The number of ether oxygens (including phenoxy) is 2. The molecule has 0 fully saturated rings. The third-order valence-electron chi connectivity index (χ3n) is 2.54. The minimum absolute atomic E-state index is 0.865. The van der Waals surface area contributed by atoms with Crippen molar-refractivity contribution in [3.05, 3.63) is 27.3 Å². The van der Waals surface area contributed by atoms with Crippen LogP contribution in [0.4, 0.5) is 0 Å². The van der Waals surface area contributed by atoms with E-state index in [0.29, 0.717) is 0 Å². The Bertz CT molecular complexity index is 313. The Hall–Kier alpha value is -0.290. The average Bonchev–Trinajstić information content (AvgIpc) is 2.29. The van der Waals surface area contributed by atoms with Crippen LogP contribution in [0.15, 0.2) is 18.2 Å². The van der Waals surface area contributed by atoms with Gasteiger partial charge in [-0.25, -0.2) is 0 Å². The summed E-state index contributed by atoms with van der Waals surface area (Å²) in [5.74, 6) is 1.01. The number of rotatable bonds is 7. The second-order valence-corrected chi connectivity index (χ2v) is 5.01. The van der Waals surface area contributed by atoms with Crippen LogP contribution in [0.3, 0.4) is 0 Å². The van der Waals surface area contributed by atoms with Crippen LogP contribution in [-0.4, -0.2) is 20.8 Å². The zero-order valence-electron chi connectivity index (χ0n) is 9.96. The molecule has 0 unspecified atom stereocenters. The first-order chi connectivity index (χ1) is 7.77. The van der Waals surface area contributed by atoms with E-state index in [4.69, 9.17) is 9.47 Å². The molecule has 0 aliphatic carbocycles. The van der Waals surface area contributed by atoms with Crippen molar-refractivity contribution in [1.29, 1.82) is 0 Å². The highest BCUT2D eigenvalue weighted by Crippen LogP contribution is 2.22. The molecule has 2 nitrogen and oxygen atoms in total. The molecular formula is C13H19IO2. The van der Waals surface area contributed by atoms with E-state index in [9.17, 15) is 0 Å². The van der Waals surface area contributed by atoms with Crippen molar-refractivity contribution in [3.8, 4) is 5.75 Å². The van der Waals surface area contributed by atoms with E-state index in [0.717, 1.165) is 25.2 Å². The van der Waals surface area contributed by atoms with Crippen LogP contribution in [0.2, 0.25) is 0 Å². The highest BCUT2D eigenvalue weighted by atomic mass is 127. The first-order valence-electron chi connectivity index (χ1n) is 5.59. The lowest BCUT2D eigenvalue weighted by atomic mass is 10.1.